The van der Waals surface area contributed by atoms with Crippen LogP contribution in [0.4, 0.5) is 39.3 Å². The highest BCUT2D eigenvalue weighted by molar-refractivity contribution is 5.80. The van der Waals surface area contributed by atoms with Crippen LogP contribution in [0.2, 0.25) is 0 Å². The van der Waals surface area contributed by atoms with Gasteiger partial charge < -0.3 is 20.1 Å². The van der Waals surface area contributed by atoms with Gasteiger partial charge in [0.15, 0.2) is 0 Å². The smallest absolute Gasteiger partial charge is 0.408 e. The predicted octanol–water partition coefficient (Wildman–Crippen LogP) is 5.43. The zero-order valence-corrected chi connectivity index (χ0v) is 22.2. The Morgan fingerprint density at radius 3 is 2.69 bits per heavy atom. The van der Waals surface area contributed by atoms with Crippen LogP contribution in [-0.2, 0) is 6.54 Å². The molecule has 0 unspecified atom stereocenters. The van der Waals surface area contributed by atoms with E-state index in [1.165, 1.54) is 37.8 Å². The molecule has 4 aromatic rings. The van der Waals surface area contributed by atoms with Gasteiger partial charge in [0.1, 0.15) is 41.6 Å². The van der Waals surface area contributed by atoms with Gasteiger partial charge in [0.25, 0.3) is 0 Å². The summed E-state index contributed by atoms with van der Waals surface area (Å²) in [6.07, 6.45) is 0.355. The number of pyridine rings is 2. The number of aromatic nitrogens is 4. The minimum Gasteiger partial charge on any atom is -0.496 e. The summed E-state index contributed by atoms with van der Waals surface area (Å²) in [5.41, 5.74) is 1.26. The number of ether oxygens (including phenoxy) is 1. The van der Waals surface area contributed by atoms with Crippen molar-refractivity contribution in [3.8, 4) is 34.2 Å². The van der Waals surface area contributed by atoms with Crippen LogP contribution in [0.25, 0.3) is 22.4 Å². The quantitative estimate of drug-likeness (QED) is 0.276. The second kappa shape index (κ2) is 11.6. The van der Waals surface area contributed by atoms with Crippen molar-refractivity contribution < 1.29 is 31.8 Å². The van der Waals surface area contributed by atoms with E-state index in [0.717, 1.165) is 10.7 Å². The molecule has 0 radical (unpaired) electrons. The van der Waals surface area contributed by atoms with Crippen LogP contribution in [0, 0.1) is 23.0 Å². The zero-order valence-electron chi connectivity index (χ0n) is 22.2. The number of nitriles is 1. The summed E-state index contributed by atoms with van der Waals surface area (Å²) in [6.45, 7) is -0.354. The molecule has 0 bridgehead atoms. The summed E-state index contributed by atoms with van der Waals surface area (Å²) in [5.74, 6) is -1.51. The zero-order chi connectivity index (χ0) is 30.0. The summed E-state index contributed by atoms with van der Waals surface area (Å²) in [7, 11) is 1.24. The van der Waals surface area contributed by atoms with Crippen molar-refractivity contribution in [2.24, 2.45) is 0 Å². The molecule has 1 aromatic carbocycles. The van der Waals surface area contributed by atoms with Gasteiger partial charge in [0, 0.05) is 54.8 Å². The third kappa shape index (κ3) is 6.26. The normalized spacial score (nSPS) is 15.4. The van der Waals surface area contributed by atoms with Gasteiger partial charge in [-0.25, -0.2) is 18.7 Å². The molecular weight excluding hydrogens is 561 g/mol. The molecule has 5 rings (SSSR count). The molecule has 1 aliphatic heterocycles. The Bertz CT molecular complexity index is 1650. The molecule has 1 fully saturated rings. The van der Waals surface area contributed by atoms with Crippen molar-refractivity contribution >= 4 is 17.3 Å². The van der Waals surface area contributed by atoms with Gasteiger partial charge in [-0.15, -0.1) is 0 Å². The van der Waals surface area contributed by atoms with Gasteiger partial charge in [-0.05, 0) is 25.0 Å². The summed E-state index contributed by atoms with van der Waals surface area (Å²) >= 11 is 0. The first-order valence-electron chi connectivity index (χ1n) is 12.8. The number of nitrogens with zero attached hydrogens (tertiary/aromatic N) is 6. The number of methoxy groups -OCH3 is 1. The van der Waals surface area contributed by atoms with E-state index in [-0.39, 0.29) is 34.2 Å². The highest BCUT2D eigenvalue weighted by Gasteiger charge is 2.29. The van der Waals surface area contributed by atoms with E-state index in [0.29, 0.717) is 48.8 Å². The molecule has 1 saturated heterocycles. The lowest BCUT2D eigenvalue weighted by molar-refractivity contribution is -0.142. The number of halogens is 5. The number of aliphatic hydroxyl groups excluding tert-OH is 1. The Balaban J connectivity index is 1.53. The van der Waals surface area contributed by atoms with Crippen LogP contribution in [0.3, 0.4) is 0 Å². The first-order chi connectivity index (χ1) is 20.0. The summed E-state index contributed by atoms with van der Waals surface area (Å²) in [6, 6.07) is 8.15. The molecule has 218 valence electrons. The minimum absolute atomic E-state index is 0.0199. The van der Waals surface area contributed by atoms with E-state index in [2.05, 4.69) is 20.4 Å². The summed E-state index contributed by atoms with van der Waals surface area (Å²) in [5, 5.41) is 26.8. The van der Waals surface area contributed by atoms with Crippen molar-refractivity contribution in [1.29, 1.82) is 5.26 Å². The van der Waals surface area contributed by atoms with Gasteiger partial charge in [-0.3, -0.25) is 4.68 Å². The van der Waals surface area contributed by atoms with Crippen molar-refractivity contribution in [3.63, 3.8) is 0 Å². The van der Waals surface area contributed by atoms with Gasteiger partial charge in [0.2, 0.25) is 0 Å². The molecule has 0 aliphatic carbocycles. The minimum atomic E-state index is -4.44. The summed E-state index contributed by atoms with van der Waals surface area (Å²) in [4.78, 5) is 10.7. The number of alkyl halides is 3. The fourth-order valence-corrected chi connectivity index (χ4v) is 4.83. The average molecular weight is 586 g/mol. The molecule has 42 heavy (non-hydrogen) atoms. The van der Waals surface area contributed by atoms with E-state index in [1.807, 2.05) is 11.0 Å². The van der Waals surface area contributed by atoms with E-state index >= 15 is 0 Å². The molecule has 1 aliphatic rings. The maximum absolute atomic E-state index is 14.9. The Kier molecular flexibility index (Phi) is 7.95. The molecule has 1 atom stereocenters. The molecule has 14 heteroatoms. The third-order valence-corrected chi connectivity index (χ3v) is 6.65. The third-order valence-electron chi connectivity index (χ3n) is 6.65. The number of aliphatic hydroxyl groups is 1. The first kappa shape index (κ1) is 28.7. The second-order valence-electron chi connectivity index (χ2n) is 9.66. The van der Waals surface area contributed by atoms with Crippen molar-refractivity contribution in [2.75, 3.05) is 30.4 Å². The molecule has 0 saturated carbocycles. The number of nitrogens with one attached hydrogen (secondary N) is 1. The largest absolute Gasteiger partial charge is 0.496 e. The number of piperidine rings is 1. The van der Waals surface area contributed by atoms with Gasteiger partial charge in [0.05, 0.1) is 41.9 Å². The molecule has 4 heterocycles. The number of benzene rings is 1. The second-order valence-corrected chi connectivity index (χ2v) is 9.66. The van der Waals surface area contributed by atoms with Crippen molar-refractivity contribution in [3.05, 3.63) is 66.1 Å². The molecule has 2 N–H and O–H groups in total. The Hall–Kier alpha value is -4.77. The van der Waals surface area contributed by atoms with E-state index < -0.39 is 30.5 Å². The molecule has 3 aromatic heterocycles. The van der Waals surface area contributed by atoms with E-state index in [4.69, 9.17) is 4.74 Å². The van der Waals surface area contributed by atoms with E-state index in [9.17, 15) is 32.3 Å². The number of hydrogen-bond donors (Lipinski definition) is 2. The van der Waals surface area contributed by atoms with Crippen LogP contribution in [0.1, 0.15) is 18.4 Å². The fraction of sp³-hybridized carbons (Fsp3) is 0.286. The number of rotatable bonds is 7. The fourth-order valence-electron chi connectivity index (χ4n) is 4.83. The van der Waals surface area contributed by atoms with Crippen LogP contribution in [0.5, 0.6) is 5.75 Å². The lowest BCUT2D eigenvalue weighted by Crippen LogP contribution is -2.38. The number of β-amino-alcohol motifs (C(OH)–C–C–N with tert-alkyl or cyclic N) is 1. The topological polar surface area (TPSA) is 112 Å². The lowest BCUT2D eigenvalue weighted by atomic mass is 10.0. The van der Waals surface area contributed by atoms with Gasteiger partial charge >= 0.3 is 6.18 Å². The maximum atomic E-state index is 14.9. The van der Waals surface area contributed by atoms with Gasteiger partial charge in [-0.1, -0.05) is 0 Å². The first-order valence-corrected chi connectivity index (χ1v) is 12.8. The lowest BCUT2D eigenvalue weighted by Gasteiger charge is -2.33. The highest BCUT2D eigenvalue weighted by atomic mass is 19.4. The Morgan fingerprint density at radius 2 is 1.98 bits per heavy atom. The van der Waals surface area contributed by atoms with Crippen molar-refractivity contribution in [2.45, 2.75) is 31.7 Å². The molecular formula is C28H24F5N7O2. The monoisotopic (exact) mass is 585 g/mol. The molecule has 0 amide bonds. The standard InChI is InChI=1S/C28H24F5N7O2/c1-42-23-8-18(29)7-21(30)26(23)27-16(10-34)4-5-24(38-27)37-25-9-22(39-6-2-3-19(41)14-39)20(12-35-25)17-11-36-40(13-17)15-28(31,32)33/h4-5,7-9,11-13,19,41H,2-3,6,14-15H2,1H3,(H,35,37,38)/t19-/m0/s1. The van der Waals surface area contributed by atoms with Crippen LogP contribution < -0.4 is 15.0 Å². The SMILES string of the molecule is COc1cc(F)cc(F)c1-c1nc(Nc2cc(N3CCC[C@H](O)C3)c(-c3cnn(CC(F)(F)F)c3)cn2)ccc1C#N. The van der Waals surface area contributed by atoms with Crippen molar-refractivity contribution in [1.82, 2.24) is 19.7 Å². The van der Waals surface area contributed by atoms with Crippen LogP contribution >= 0.6 is 0 Å². The highest BCUT2D eigenvalue weighted by Crippen LogP contribution is 2.37. The summed E-state index contributed by atoms with van der Waals surface area (Å²) < 4.78 is 73.3. The van der Waals surface area contributed by atoms with Crippen LogP contribution in [-0.4, -0.2) is 57.3 Å². The molecule has 0 spiro atoms. The maximum Gasteiger partial charge on any atom is 0.408 e. The van der Waals surface area contributed by atoms with E-state index in [1.54, 1.807) is 6.07 Å². The van der Waals surface area contributed by atoms with Gasteiger partial charge in [-0.2, -0.15) is 23.5 Å². The molecule has 9 nitrogen and oxygen atoms in total. The van der Waals surface area contributed by atoms with Crippen LogP contribution in [0.15, 0.2) is 48.9 Å². The predicted molar refractivity (Wildman–Crippen MR) is 143 cm³/mol. The number of anilines is 3. The average Bonchev–Trinajstić information content (AvgIpc) is 3.39. The Labute approximate surface area is 236 Å². The number of hydrogen-bond acceptors (Lipinski definition) is 8. The Morgan fingerprint density at radius 1 is 1.17 bits per heavy atom.